The van der Waals surface area contributed by atoms with Gasteiger partial charge in [0, 0.05) is 18.5 Å². The van der Waals surface area contributed by atoms with Crippen LogP contribution in [0.3, 0.4) is 0 Å². The van der Waals surface area contributed by atoms with Crippen LogP contribution in [0.25, 0.3) is 15.2 Å². The van der Waals surface area contributed by atoms with Crippen molar-refractivity contribution in [1.29, 1.82) is 0 Å². The number of carbonyl (C=O) groups excluding carboxylic acids is 1. The van der Waals surface area contributed by atoms with Gasteiger partial charge in [0.2, 0.25) is 0 Å². The first-order valence-corrected chi connectivity index (χ1v) is 13.3. The van der Waals surface area contributed by atoms with Crippen LogP contribution in [0.2, 0.25) is 0 Å². The Balaban J connectivity index is 1.97. The van der Waals surface area contributed by atoms with E-state index in [9.17, 15) is 18.8 Å². The number of hydrogen-bond acceptors (Lipinski definition) is 6. The number of Topliss-reactive ketones (excluding diaryl/α,β-unsaturated/α-hetero) is 1. The van der Waals surface area contributed by atoms with Gasteiger partial charge in [0.15, 0.2) is 5.78 Å². The van der Waals surface area contributed by atoms with Crippen molar-refractivity contribution in [2.45, 2.75) is 72.9 Å². The Morgan fingerprint density at radius 1 is 1.14 bits per heavy atom. The molecular weight excluding hydrogens is 493 g/mol. The molecular formula is C27H32FN5O3S. The highest BCUT2D eigenvalue weighted by Gasteiger charge is 2.35. The van der Waals surface area contributed by atoms with Crippen molar-refractivity contribution in [1.82, 2.24) is 24.1 Å². The maximum atomic E-state index is 14.1. The summed E-state index contributed by atoms with van der Waals surface area (Å²) in [5.41, 5.74) is 0.0184. The van der Waals surface area contributed by atoms with E-state index < -0.39 is 16.8 Å². The van der Waals surface area contributed by atoms with Gasteiger partial charge in [-0.25, -0.2) is 13.8 Å². The van der Waals surface area contributed by atoms with E-state index in [0.717, 1.165) is 22.1 Å². The second-order valence-electron chi connectivity index (χ2n) is 10.2. The zero-order valence-electron chi connectivity index (χ0n) is 22.0. The molecule has 0 aliphatic rings. The molecule has 10 heteroatoms. The van der Waals surface area contributed by atoms with Gasteiger partial charge in [-0.15, -0.1) is 4.80 Å². The number of thiophene rings is 1. The monoisotopic (exact) mass is 525 g/mol. The lowest BCUT2D eigenvalue weighted by Gasteiger charge is -2.27. The molecule has 0 bridgehead atoms. The van der Waals surface area contributed by atoms with E-state index in [2.05, 4.69) is 10.2 Å². The molecule has 4 rings (SSSR count). The highest BCUT2D eigenvalue weighted by Crippen LogP contribution is 2.31. The van der Waals surface area contributed by atoms with E-state index in [1.54, 1.807) is 39.2 Å². The molecule has 0 fully saturated rings. The molecule has 1 aromatic carbocycles. The van der Waals surface area contributed by atoms with Crippen LogP contribution in [0, 0.1) is 18.7 Å². The van der Waals surface area contributed by atoms with E-state index in [0.29, 0.717) is 27.2 Å². The number of benzene rings is 1. The minimum absolute atomic E-state index is 0.0780. The van der Waals surface area contributed by atoms with Crippen LogP contribution in [0.1, 0.15) is 57.7 Å². The smallest absolute Gasteiger partial charge is 0.297 e. The summed E-state index contributed by atoms with van der Waals surface area (Å²) in [6, 6.07) is 4.68. The van der Waals surface area contributed by atoms with E-state index in [-0.39, 0.29) is 30.5 Å². The molecule has 196 valence electrons. The fraction of sp³-hybridized carbons (Fsp3) is 0.444. The summed E-state index contributed by atoms with van der Waals surface area (Å²) in [5.74, 6) is -0.448. The molecule has 3 heterocycles. The normalized spacial score (nSPS) is 12.1. The number of rotatable bonds is 9. The topological polar surface area (TPSA) is 91.8 Å². The Hall–Kier alpha value is -3.40. The largest absolute Gasteiger partial charge is 0.332 e. The van der Waals surface area contributed by atoms with Crippen LogP contribution in [-0.4, -0.2) is 29.9 Å². The minimum atomic E-state index is -1.35. The van der Waals surface area contributed by atoms with Crippen molar-refractivity contribution in [3.8, 4) is 5.00 Å². The van der Waals surface area contributed by atoms with Crippen LogP contribution >= 0.6 is 11.3 Å². The highest BCUT2D eigenvalue weighted by atomic mass is 32.1. The molecule has 0 amide bonds. The first-order chi connectivity index (χ1) is 17.5. The summed E-state index contributed by atoms with van der Waals surface area (Å²) < 4.78 is 16.7. The van der Waals surface area contributed by atoms with E-state index in [4.69, 9.17) is 0 Å². The Morgan fingerprint density at radius 2 is 1.81 bits per heavy atom. The lowest BCUT2D eigenvalue weighted by molar-refractivity contribution is -0.127. The minimum Gasteiger partial charge on any atom is -0.297 e. The quantitative estimate of drug-likeness (QED) is 0.323. The number of nitrogens with zero attached hydrogens (tertiary/aromatic N) is 5. The lowest BCUT2D eigenvalue weighted by Crippen LogP contribution is -2.52. The molecule has 0 aliphatic carbocycles. The molecule has 4 aromatic rings. The fourth-order valence-electron chi connectivity index (χ4n) is 4.69. The van der Waals surface area contributed by atoms with Crippen molar-refractivity contribution < 1.29 is 9.18 Å². The molecule has 0 unspecified atom stereocenters. The van der Waals surface area contributed by atoms with Gasteiger partial charge in [-0.1, -0.05) is 38.2 Å². The number of aryl methyl sites for hydroxylation is 4. The average molecular weight is 526 g/mol. The average Bonchev–Trinajstić information content (AvgIpc) is 3.46. The van der Waals surface area contributed by atoms with Crippen LogP contribution in [-0.2, 0) is 29.7 Å². The van der Waals surface area contributed by atoms with E-state index in [1.807, 2.05) is 20.8 Å². The predicted octanol–water partition coefficient (Wildman–Crippen LogP) is 4.41. The predicted molar refractivity (Wildman–Crippen MR) is 143 cm³/mol. The van der Waals surface area contributed by atoms with Crippen molar-refractivity contribution in [2.75, 3.05) is 0 Å². The van der Waals surface area contributed by atoms with Crippen molar-refractivity contribution in [2.24, 2.45) is 5.92 Å². The SMILES string of the molecule is CCc1ccc(F)cc1CCn1c(=O)n(C(C)(C)C(=O)CC(C)C)c(=O)c2c(C)c(-n3nccn3)sc21. The highest BCUT2D eigenvalue weighted by molar-refractivity contribution is 7.21. The third-order valence-corrected chi connectivity index (χ3v) is 8.06. The summed E-state index contributed by atoms with van der Waals surface area (Å²) >= 11 is 1.25. The molecule has 0 saturated heterocycles. The van der Waals surface area contributed by atoms with Crippen LogP contribution in [0.5, 0.6) is 0 Å². The van der Waals surface area contributed by atoms with Crippen LogP contribution in [0.4, 0.5) is 4.39 Å². The maximum absolute atomic E-state index is 14.1. The maximum Gasteiger partial charge on any atom is 0.332 e. The number of aromatic nitrogens is 5. The molecule has 0 aliphatic heterocycles. The summed E-state index contributed by atoms with van der Waals surface area (Å²) in [4.78, 5) is 43.0. The second-order valence-corrected chi connectivity index (χ2v) is 11.2. The Labute approximate surface area is 218 Å². The Morgan fingerprint density at radius 3 is 2.43 bits per heavy atom. The van der Waals surface area contributed by atoms with Crippen molar-refractivity contribution in [3.63, 3.8) is 0 Å². The second kappa shape index (κ2) is 10.2. The molecule has 0 saturated carbocycles. The number of fused-ring (bicyclic) bond motifs is 1. The molecule has 0 atom stereocenters. The van der Waals surface area contributed by atoms with Crippen molar-refractivity contribution >= 4 is 27.3 Å². The zero-order valence-corrected chi connectivity index (χ0v) is 22.9. The standard InChI is InChI=1S/C27H32FN5O3S/c1-7-18-8-9-20(28)15-19(18)10-13-31-25-22(17(4)24(37-25)33-29-11-12-30-33)23(35)32(26(31)36)27(5,6)21(34)14-16(2)3/h8-9,11-12,15-16H,7,10,13-14H2,1-6H3. The molecule has 0 radical (unpaired) electrons. The van der Waals surface area contributed by atoms with Gasteiger partial charge in [0.25, 0.3) is 5.56 Å². The first kappa shape index (κ1) is 26.7. The van der Waals surface area contributed by atoms with Crippen LogP contribution in [0.15, 0.2) is 40.2 Å². The van der Waals surface area contributed by atoms with Gasteiger partial charge in [-0.05, 0) is 62.8 Å². The lowest BCUT2D eigenvalue weighted by atomic mass is 9.91. The van der Waals surface area contributed by atoms with Gasteiger partial charge in [-0.3, -0.25) is 14.2 Å². The number of ketones is 1. The van der Waals surface area contributed by atoms with Crippen molar-refractivity contribution in [3.05, 3.63) is 73.9 Å². The Bertz CT molecular complexity index is 1580. The molecule has 3 aromatic heterocycles. The van der Waals surface area contributed by atoms with Crippen LogP contribution < -0.4 is 11.2 Å². The van der Waals surface area contributed by atoms with Gasteiger partial charge in [0.1, 0.15) is 21.2 Å². The van der Waals surface area contributed by atoms with E-state index >= 15 is 0 Å². The summed E-state index contributed by atoms with van der Waals surface area (Å²) in [7, 11) is 0. The zero-order chi connectivity index (χ0) is 27.1. The molecule has 0 spiro atoms. The van der Waals surface area contributed by atoms with Gasteiger partial charge >= 0.3 is 5.69 Å². The molecule has 0 N–H and O–H groups in total. The number of hydrogen-bond donors (Lipinski definition) is 0. The third-order valence-electron chi connectivity index (χ3n) is 6.78. The molecule has 37 heavy (non-hydrogen) atoms. The summed E-state index contributed by atoms with van der Waals surface area (Å²) in [6.07, 6.45) is 4.44. The summed E-state index contributed by atoms with van der Waals surface area (Å²) in [5, 5.41) is 9.39. The third kappa shape index (κ3) is 4.82. The number of halogens is 1. The Kier molecular flexibility index (Phi) is 7.32. The number of carbonyl (C=O) groups is 1. The van der Waals surface area contributed by atoms with E-state index in [1.165, 1.54) is 32.8 Å². The first-order valence-electron chi connectivity index (χ1n) is 12.4. The van der Waals surface area contributed by atoms with Gasteiger partial charge in [-0.2, -0.15) is 10.2 Å². The molecule has 8 nitrogen and oxygen atoms in total. The van der Waals surface area contributed by atoms with Gasteiger partial charge in [0.05, 0.1) is 17.8 Å². The summed E-state index contributed by atoms with van der Waals surface area (Å²) in [6.45, 7) is 11.1. The fourth-order valence-corrected chi connectivity index (χ4v) is 5.92. The van der Waals surface area contributed by atoms with Gasteiger partial charge < -0.3 is 0 Å².